The highest BCUT2D eigenvalue weighted by atomic mass is 32.2. The largest absolute Gasteiger partial charge is 0.366 e. The fourth-order valence-corrected chi connectivity index (χ4v) is 1.40. The van der Waals surface area contributed by atoms with E-state index < -0.39 is 9.84 Å². The van der Waals surface area contributed by atoms with E-state index in [1.54, 1.807) is 7.05 Å². The summed E-state index contributed by atoms with van der Waals surface area (Å²) in [4.78, 5) is 0. The fourth-order valence-electron chi connectivity index (χ4n) is 0.625. The summed E-state index contributed by atoms with van der Waals surface area (Å²) in [6.45, 7) is 0.590. The predicted octanol–water partition coefficient (Wildman–Crippen LogP) is -0.485. The van der Waals surface area contributed by atoms with Gasteiger partial charge in [0.2, 0.25) is 0 Å². The average Bonchev–Trinajstić information content (AvgIpc) is 1.96. The molecule has 0 aromatic carbocycles. The van der Waals surface area contributed by atoms with E-state index in [4.69, 9.17) is 12.2 Å². The first-order valence-electron chi connectivity index (χ1n) is 3.59. The van der Waals surface area contributed by atoms with Gasteiger partial charge in [-0.25, -0.2) is 8.42 Å². The van der Waals surface area contributed by atoms with Crippen molar-refractivity contribution < 1.29 is 8.42 Å². The van der Waals surface area contributed by atoms with Crippen molar-refractivity contribution in [1.29, 1.82) is 0 Å². The zero-order valence-electron chi connectivity index (χ0n) is 7.25. The third-order valence-corrected chi connectivity index (χ3v) is 2.58. The maximum absolute atomic E-state index is 10.7. The Labute approximate surface area is 78.6 Å². The van der Waals surface area contributed by atoms with Crippen LogP contribution in [-0.4, -0.2) is 39.1 Å². The van der Waals surface area contributed by atoms with E-state index in [1.165, 1.54) is 6.26 Å². The van der Waals surface area contributed by atoms with Crippen LogP contribution in [0.5, 0.6) is 0 Å². The second-order valence-electron chi connectivity index (χ2n) is 2.49. The van der Waals surface area contributed by atoms with Crippen molar-refractivity contribution in [3.63, 3.8) is 0 Å². The first-order valence-corrected chi connectivity index (χ1v) is 6.06. The Kier molecular flexibility index (Phi) is 5.16. The van der Waals surface area contributed by atoms with Crippen molar-refractivity contribution in [1.82, 2.24) is 10.6 Å². The van der Waals surface area contributed by atoms with E-state index in [2.05, 4.69) is 10.6 Å². The van der Waals surface area contributed by atoms with Gasteiger partial charge in [-0.1, -0.05) is 0 Å². The summed E-state index contributed by atoms with van der Waals surface area (Å²) in [6.07, 6.45) is 1.81. The lowest BCUT2D eigenvalue weighted by molar-refractivity contribution is 0.598. The van der Waals surface area contributed by atoms with Gasteiger partial charge in [0.05, 0.1) is 5.75 Å². The van der Waals surface area contributed by atoms with E-state index >= 15 is 0 Å². The second-order valence-corrected chi connectivity index (χ2v) is 5.16. The molecule has 72 valence electrons. The van der Waals surface area contributed by atoms with Gasteiger partial charge in [-0.15, -0.1) is 0 Å². The molecule has 2 N–H and O–H groups in total. The molecule has 0 saturated carbocycles. The third kappa shape index (κ3) is 7.74. The normalized spacial score (nSPS) is 10.8. The standard InChI is InChI=1S/C6H14N2O2S2/c1-7-6(11)8-4-3-5-12(2,9)10/h3-5H2,1-2H3,(H2,7,8,11). The maximum atomic E-state index is 10.7. The summed E-state index contributed by atoms with van der Waals surface area (Å²) < 4.78 is 21.3. The number of rotatable bonds is 4. The Hall–Kier alpha value is -0.360. The van der Waals surface area contributed by atoms with E-state index in [9.17, 15) is 8.42 Å². The molecule has 0 bridgehead atoms. The van der Waals surface area contributed by atoms with Crippen molar-refractivity contribution in [3.05, 3.63) is 0 Å². The molecule has 0 atom stereocenters. The molecule has 0 spiro atoms. The van der Waals surface area contributed by atoms with Crippen molar-refractivity contribution >= 4 is 27.2 Å². The summed E-state index contributed by atoms with van der Waals surface area (Å²) in [7, 11) is -1.12. The van der Waals surface area contributed by atoms with E-state index in [0.717, 1.165) is 0 Å². The van der Waals surface area contributed by atoms with Crippen LogP contribution in [0, 0.1) is 0 Å². The van der Waals surface area contributed by atoms with Crippen LogP contribution in [0.2, 0.25) is 0 Å². The molecule has 0 aliphatic carbocycles. The van der Waals surface area contributed by atoms with Gasteiger partial charge >= 0.3 is 0 Å². The van der Waals surface area contributed by atoms with E-state index in [0.29, 0.717) is 18.1 Å². The zero-order chi connectivity index (χ0) is 9.61. The van der Waals surface area contributed by atoms with Crippen molar-refractivity contribution in [2.75, 3.05) is 25.6 Å². The molecule has 0 fully saturated rings. The molecule has 0 heterocycles. The molecular weight excluding hydrogens is 196 g/mol. The second kappa shape index (κ2) is 5.31. The zero-order valence-corrected chi connectivity index (χ0v) is 8.89. The van der Waals surface area contributed by atoms with Gasteiger partial charge in [0.1, 0.15) is 9.84 Å². The molecule has 0 aromatic heterocycles. The number of thiocarbonyl (C=S) groups is 1. The predicted molar refractivity (Wildman–Crippen MR) is 54.0 cm³/mol. The molecule has 0 unspecified atom stereocenters. The van der Waals surface area contributed by atoms with Crippen molar-refractivity contribution in [2.45, 2.75) is 6.42 Å². The van der Waals surface area contributed by atoms with Crippen molar-refractivity contribution in [2.24, 2.45) is 0 Å². The average molecular weight is 210 g/mol. The van der Waals surface area contributed by atoms with Crippen LogP contribution in [0.4, 0.5) is 0 Å². The lowest BCUT2D eigenvalue weighted by atomic mass is 10.5. The van der Waals surface area contributed by atoms with Gasteiger partial charge in [0.25, 0.3) is 0 Å². The van der Waals surface area contributed by atoms with Gasteiger partial charge in [0, 0.05) is 19.8 Å². The Morgan fingerprint density at radius 2 is 2.08 bits per heavy atom. The Balaban J connectivity index is 3.40. The molecule has 0 aliphatic heterocycles. The summed E-state index contributed by atoms with van der Waals surface area (Å²) in [5.41, 5.74) is 0. The molecule has 0 aromatic rings. The fraction of sp³-hybridized carbons (Fsp3) is 0.833. The van der Waals surface area contributed by atoms with Gasteiger partial charge in [-0.2, -0.15) is 0 Å². The number of sulfone groups is 1. The van der Waals surface area contributed by atoms with Crippen LogP contribution in [0.3, 0.4) is 0 Å². The lowest BCUT2D eigenvalue weighted by Gasteiger charge is -2.05. The smallest absolute Gasteiger partial charge is 0.166 e. The van der Waals surface area contributed by atoms with Gasteiger partial charge < -0.3 is 10.6 Å². The quantitative estimate of drug-likeness (QED) is 0.484. The first kappa shape index (κ1) is 11.6. The highest BCUT2D eigenvalue weighted by Crippen LogP contribution is 1.86. The Bertz CT molecular complexity index is 236. The molecule has 4 nitrogen and oxygen atoms in total. The molecule has 0 aliphatic rings. The van der Waals surface area contributed by atoms with E-state index in [-0.39, 0.29) is 5.75 Å². The molecule has 6 heteroatoms. The molecule has 12 heavy (non-hydrogen) atoms. The highest BCUT2D eigenvalue weighted by molar-refractivity contribution is 7.90. The van der Waals surface area contributed by atoms with E-state index in [1.807, 2.05) is 0 Å². The van der Waals surface area contributed by atoms with Crippen LogP contribution in [-0.2, 0) is 9.84 Å². The lowest BCUT2D eigenvalue weighted by Crippen LogP contribution is -2.33. The Morgan fingerprint density at radius 3 is 2.50 bits per heavy atom. The summed E-state index contributed by atoms with van der Waals surface area (Å²) in [5.74, 6) is 0.201. The van der Waals surface area contributed by atoms with Gasteiger partial charge in [0.15, 0.2) is 5.11 Å². The van der Waals surface area contributed by atoms with Gasteiger partial charge in [-0.3, -0.25) is 0 Å². The molecule has 0 amide bonds. The van der Waals surface area contributed by atoms with Crippen LogP contribution in [0.15, 0.2) is 0 Å². The maximum Gasteiger partial charge on any atom is 0.166 e. The van der Waals surface area contributed by atoms with Crippen LogP contribution in [0.25, 0.3) is 0 Å². The molecular formula is C6H14N2O2S2. The summed E-state index contributed by atoms with van der Waals surface area (Å²) in [5, 5.41) is 6.14. The number of nitrogens with one attached hydrogen (secondary N) is 2. The molecule has 0 radical (unpaired) electrons. The van der Waals surface area contributed by atoms with Crippen molar-refractivity contribution in [3.8, 4) is 0 Å². The number of hydrogen-bond acceptors (Lipinski definition) is 3. The monoisotopic (exact) mass is 210 g/mol. The summed E-state index contributed by atoms with van der Waals surface area (Å²) >= 11 is 4.79. The Morgan fingerprint density at radius 1 is 1.50 bits per heavy atom. The summed E-state index contributed by atoms with van der Waals surface area (Å²) in [6, 6.07) is 0. The highest BCUT2D eigenvalue weighted by Gasteiger charge is 2.00. The number of hydrogen-bond donors (Lipinski definition) is 2. The first-order chi connectivity index (χ1) is 5.45. The van der Waals surface area contributed by atoms with Gasteiger partial charge in [-0.05, 0) is 18.6 Å². The molecule has 0 rings (SSSR count). The third-order valence-electron chi connectivity index (χ3n) is 1.20. The molecule has 0 saturated heterocycles. The van der Waals surface area contributed by atoms with Crippen LogP contribution >= 0.6 is 12.2 Å². The minimum absolute atomic E-state index is 0.201. The van der Waals surface area contributed by atoms with Crippen LogP contribution < -0.4 is 10.6 Å². The topological polar surface area (TPSA) is 58.2 Å². The minimum Gasteiger partial charge on any atom is -0.366 e. The van der Waals surface area contributed by atoms with Crippen LogP contribution in [0.1, 0.15) is 6.42 Å². The minimum atomic E-state index is -2.83. The SMILES string of the molecule is CNC(=S)NCCCS(C)(=O)=O.